The van der Waals surface area contributed by atoms with Crippen molar-refractivity contribution in [3.05, 3.63) is 101 Å². The number of benzene rings is 8. The number of aromatic hydroxyl groups is 3. The Morgan fingerprint density at radius 1 is 0.467 bits per heavy atom. The monoisotopic (exact) mass is 1410 g/mol. The van der Waals surface area contributed by atoms with Gasteiger partial charge in [0.25, 0.3) is 76.5 Å². The van der Waals surface area contributed by atoms with Crippen molar-refractivity contribution in [1.29, 1.82) is 0 Å². The molecule has 1 amide bonds. The number of hydrogen-bond donors (Lipinski definition) is 13. The standard InChI is InChI=1S/C45H31N11O29S7/c1-16(57)47-27-13-29(34(89(74,75)76)14-28(27)50-52-30-9-19(86(65,66)67)6-17-7-20(87(68,69)70)10-32(58)37(17)30)51-54-40-35(90(77,78)79)11-22-21(42(40)59)3-5-26(44(22)92(83,84)85)49-53-31-15-33(88(71,72)73)24-12-36(91(80,81)82)41(43(60)38(24)39(31)46)55-48-25-4-2-18(56(63)64)8-23(25)45(61)62/h2-15,58-60H,46H2,1H3,(H,47,57)(H,61,62)(H,65,66,67)(H,68,69,70)(H,71,72,73)(H,74,75,76)(H,77,78,79)(H,80,81,82)(H,83,84,85). The topological polar surface area (TPSA) is 676 Å². The van der Waals surface area contributed by atoms with E-state index >= 15 is 0 Å². The van der Waals surface area contributed by atoms with E-state index in [9.17, 15) is 131 Å². The third-order valence-corrected chi connectivity index (χ3v) is 18.4. The molecule has 8 aromatic rings. The fraction of sp³-hybridized carbons (Fsp3) is 0.0222. The van der Waals surface area contributed by atoms with Crippen LogP contribution in [0.5, 0.6) is 17.2 Å². The highest BCUT2D eigenvalue weighted by molar-refractivity contribution is 7.87. The molecule has 14 N–H and O–H groups in total. The number of carbonyl (C=O) groups excluding carboxylic acids is 1. The molecule has 0 atom stereocenters. The number of rotatable bonds is 18. The smallest absolute Gasteiger partial charge is 0.338 e. The van der Waals surface area contributed by atoms with Gasteiger partial charge in [-0.3, -0.25) is 46.8 Å². The lowest BCUT2D eigenvalue weighted by molar-refractivity contribution is -0.384. The van der Waals surface area contributed by atoms with Crippen LogP contribution in [-0.4, -0.2) is 128 Å². The number of nitrogen functional groups attached to an aromatic ring is 1. The fourth-order valence-corrected chi connectivity index (χ4v) is 13.0. The summed E-state index contributed by atoms with van der Waals surface area (Å²) in [6.45, 7) is 0.866. The molecule has 482 valence electrons. The van der Waals surface area contributed by atoms with E-state index in [0.717, 1.165) is 13.0 Å². The lowest BCUT2D eigenvalue weighted by Crippen LogP contribution is -2.07. The average Bonchev–Trinajstić information content (AvgIpc) is 0.851. The van der Waals surface area contributed by atoms with Gasteiger partial charge >= 0.3 is 5.97 Å². The van der Waals surface area contributed by atoms with Crippen molar-refractivity contribution >= 4 is 178 Å². The van der Waals surface area contributed by atoms with E-state index in [1.807, 2.05) is 0 Å². The van der Waals surface area contributed by atoms with Crippen molar-refractivity contribution in [3.63, 3.8) is 0 Å². The van der Waals surface area contributed by atoms with Crippen molar-refractivity contribution in [2.45, 2.75) is 41.2 Å². The first-order chi connectivity index (χ1) is 42.2. The minimum Gasteiger partial charge on any atom is -0.507 e. The molecule has 0 bridgehead atoms. The Balaban J connectivity index is 1.29. The number of carbonyl (C=O) groups is 2. The molecular formula is C45H31N11O29S7. The Kier molecular flexibility index (Phi) is 17.4. The highest BCUT2D eigenvalue weighted by atomic mass is 32.2. The van der Waals surface area contributed by atoms with Crippen LogP contribution in [0.2, 0.25) is 0 Å². The number of nitro benzene ring substituents is 1. The molecule has 0 unspecified atom stereocenters. The maximum atomic E-state index is 13.2. The van der Waals surface area contributed by atoms with Crippen LogP contribution in [-0.2, 0) is 75.6 Å². The molecule has 0 spiro atoms. The second-order valence-electron chi connectivity index (χ2n) is 18.3. The summed E-state index contributed by atoms with van der Waals surface area (Å²) in [4.78, 5) is 25.2. The molecule has 40 nitrogen and oxygen atoms in total. The first kappa shape index (κ1) is 67.8. The molecule has 0 aliphatic carbocycles. The fourth-order valence-electron chi connectivity index (χ4n) is 8.45. The predicted octanol–water partition coefficient (Wildman–Crippen LogP) is 7.80. The number of nitrogens with one attached hydrogen (secondary N) is 1. The Bertz CT molecular complexity index is 5670. The molecule has 0 aromatic heterocycles. The second-order valence-corrected chi connectivity index (χ2v) is 28.0. The number of fused-ring (bicyclic) bond motifs is 3. The van der Waals surface area contributed by atoms with E-state index in [4.69, 9.17) is 5.73 Å². The Morgan fingerprint density at radius 2 is 0.946 bits per heavy atom. The molecule has 8 rings (SSSR count). The van der Waals surface area contributed by atoms with Gasteiger partial charge in [-0.25, -0.2) is 4.79 Å². The van der Waals surface area contributed by atoms with Crippen molar-refractivity contribution in [3.8, 4) is 17.2 Å². The van der Waals surface area contributed by atoms with Crippen molar-refractivity contribution in [2.75, 3.05) is 11.1 Å². The highest BCUT2D eigenvalue weighted by Crippen LogP contribution is 2.51. The van der Waals surface area contributed by atoms with E-state index < -0.39 is 240 Å². The number of carboxylic acids is 1. The van der Waals surface area contributed by atoms with Crippen LogP contribution in [0.1, 0.15) is 17.3 Å². The quantitative estimate of drug-likeness (QED) is 0.0128. The zero-order valence-electron chi connectivity index (χ0n) is 44.3. The first-order valence-corrected chi connectivity index (χ1v) is 33.5. The van der Waals surface area contributed by atoms with Crippen LogP contribution < -0.4 is 11.1 Å². The van der Waals surface area contributed by atoms with Crippen LogP contribution in [0.4, 0.5) is 62.6 Å². The normalized spacial score (nSPS) is 13.2. The number of amides is 1. The van der Waals surface area contributed by atoms with Gasteiger partial charge in [-0.15, -0.1) is 40.9 Å². The summed E-state index contributed by atoms with van der Waals surface area (Å²) < 4.78 is 249. The van der Waals surface area contributed by atoms with Crippen LogP contribution in [0.25, 0.3) is 32.3 Å². The number of carboxylic acid groups (broad SMARTS) is 1. The molecule has 0 saturated heterocycles. The van der Waals surface area contributed by atoms with Gasteiger partial charge < -0.3 is 31.5 Å². The number of anilines is 2. The molecule has 0 saturated carbocycles. The third kappa shape index (κ3) is 13.8. The highest BCUT2D eigenvalue weighted by Gasteiger charge is 2.32. The minimum absolute atomic E-state index is 0.191. The third-order valence-electron chi connectivity index (χ3n) is 12.3. The lowest BCUT2D eigenvalue weighted by Gasteiger charge is -2.15. The van der Waals surface area contributed by atoms with E-state index in [1.54, 1.807) is 0 Å². The zero-order chi connectivity index (χ0) is 68.7. The Morgan fingerprint density at radius 3 is 1.47 bits per heavy atom. The number of azo groups is 4. The van der Waals surface area contributed by atoms with Crippen molar-refractivity contribution < 1.29 is 126 Å². The summed E-state index contributed by atoms with van der Waals surface area (Å²) in [6.07, 6.45) is 0. The maximum Gasteiger partial charge on any atom is 0.338 e. The van der Waals surface area contributed by atoms with E-state index in [0.29, 0.717) is 66.7 Å². The number of phenols is 3. The summed E-state index contributed by atoms with van der Waals surface area (Å²) >= 11 is 0. The number of non-ortho nitro benzene ring substituents is 1. The van der Waals surface area contributed by atoms with Gasteiger partial charge in [0.2, 0.25) is 5.91 Å². The van der Waals surface area contributed by atoms with Crippen LogP contribution >= 0.6 is 0 Å². The molecule has 47 heteroatoms. The van der Waals surface area contributed by atoms with Gasteiger partial charge in [0, 0.05) is 41.3 Å². The predicted molar refractivity (Wildman–Crippen MR) is 307 cm³/mol. The van der Waals surface area contributed by atoms with Gasteiger partial charge in [-0.05, 0) is 72.1 Å². The Labute approximate surface area is 511 Å². The molecule has 0 fully saturated rings. The number of hydrogen-bond acceptors (Lipinski definition) is 30. The minimum atomic E-state index is -5.87. The second kappa shape index (κ2) is 23.6. The van der Waals surface area contributed by atoms with Crippen molar-refractivity contribution in [2.24, 2.45) is 40.9 Å². The van der Waals surface area contributed by atoms with Gasteiger partial charge in [0.05, 0.1) is 48.1 Å². The van der Waals surface area contributed by atoms with E-state index in [-0.39, 0.29) is 12.1 Å². The maximum absolute atomic E-state index is 13.2. The van der Waals surface area contributed by atoms with Crippen molar-refractivity contribution in [1.82, 2.24) is 0 Å². The molecule has 8 aromatic carbocycles. The zero-order valence-corrected chi connectivity index (χ0v) is 50.0. The molecule has 92 heavy (non-hydrogen) atoms. The largest absolute Gasteiger partial charge is 0.507 e. The van der Waals surface area contributed by atoms with Gasteiger partial charge in [0.15, 0.2) is 11.5 Å². The first-order valence-electron chi connectivity index (χ1n) is 23.4. The van der Waals surface area contributed by atoms with Gasteiger partial charge in [-0.1, -0.05) is 0 Å². The molecule has 0 aliphatic rings. The molecule has 0 heterocycles. The summed E-state index contributed by atoms with van der Waals surface area (Å²) in [5.41, 5.74) is -5.48. The Hall–Kier alpha value is -10.2. The number of nitrogens with two attached hydrogens (primary N) is 1. The van der Waals surface area contributed by atoms with Gasteiger partial charge in [-0.2, -0.15) is 58.9 Å². The van der Waals surface area contributed by atoms with Gasteiger partial charge in [0.1, 0.15) is 70.0 Å². The van der Waals surface area contributed by atoms with Crippen LogP contribution in [0, 0.1) is 10.1 Å². The number of phenolic OH excluding ortho intramolecular Hbond substituents is 3. The van der Waals surface area contributed by atoms with Crippen LogP contribution in [0.3, 0.4) is 0 Å². The van der Waals surface area contributed by atoms with Crippen LogP contribution in [0.15, 0.2) is 160 Å². The number of aromatic carboxylic acids is 1. The van der Waals surface area contributed by atoms with E-state index in [1.165, 1.54) is 0 Å². The average molecular weight is 1410 g/mol. The summed E-state index contributed by atoms with van der Waals surface area (Å²) in [5, 5.41) is 80.5. The molecular weight excluding hydrogens is 1380 g/mol. The summed E-state index contributed by atoms with van der Waals surface area (Å²) in [6, 6.07) is 7.19. The molecule has 0 aliphatic heterocycles. The number of nitrogens with zero attached hydrogens (tertiary/aromatic N) is 9. The summed E-state index contributed by atoms with van der Waals surface area (Å²) in [7, 11) is -39.0. The summed E-state index contributed by atoms with van der Waals surface area (Å²) in [5.74, 6) is -6.91. The lowest BCUT2D eigenvalue weighted by atomic mass is 10.0. The number of nitro groups is 1. The molecule has 0 radical (unpaired) electrons. The SMILES string of the molecule is CC(=O)Nc1cc(N=Nc2c(S(=O)(=O)O)cc3c(S(=O)(=O)O)c(N=Nc4cc(S(=O)(=O)O)c5cc(S(=O)(=O)O)c(N=Nc6ccc([N+](=O)[O-])cc6C(=O)O)c(O)c5c4N)ccc3c2O)c(S(=O)(=O)O)cc1N=Nc1cc(S(=O)(=O)O)cc2cc(S(=O)(=O)O)cc(O)c12. The van der Waals surface area contributed by atoms with E-state index in [2.05, 4.69) is 46.2 Å².